The Morgan fingerprint density at radius 1 is 1.47 bits per heavy atom. The van der Waals surface area contributed by atoms with Crippen LogP contribution in [0.4, 0.5) is 0 Å². The molecule has 0 aromatic heterocycles. The van der Waals surface area contributed by atoms with Gasteiger partial charge in [0, 0.05) is 12.3 Å². The first kappa shape index (κ1) is 14.8. The van der Waals surface area contributed by atoms with E-state index < -0.39 is 23.4 Å². The van der Waals surface area contributed by atoms with Crippen LogP contribution in [0.5, 0.6) is 0 Å². The monoisotopic (exact) mass is 257 g/mol. The molecule has 0 bridgehead atoms. The first-order valence-corrected chi connectivity index (χ1v) is 6.14. The van der Waals surface area contributed by atoms with Crippen molar-refractivity contribution in [2.45, 2.75) is 38.2 Å². The highest BCUT2D eigenvalue weighted by atomic mass is 35.5. The molecule has 0 amide bonds. The van der Waals surface area contributed by atoms with Crippen molar-refractivity contribution in [3.05, 3.63) is 0 Å². The lowest BCUT2D eigenvalue weighted by Gasteiger charge is -2.17. The van der Waals surface area contributed by atoms with Crippen molar-refractivity contribution in [1.82, 2.24) is 0 Å². The molecule has 2 atom stereocenters. The van der Waals surface area contributed by atoms with E-state index in [0.29, 0.717) is 31.6 Å². The van der Waals surface area contributed by atoms with E-state index in [1.807, 2.05) is 0 Å². The molecule has 15 heavy (non-hydrogen) atoms. The van der Waals surface area contributed by atoms with Gasteiger partial charge in [0.05, 0.1) is 17.5 Å². The minimum absolute atomic E-state index is 0.0913. The van der Waals surface area contributed by atoms with Crippen LogP contribution in [0.3, 0.4) is 0 Å². The Kier molecular flexibility index (Phi) is 8.98. The molecule has 2 unspecified atom stereocenters. The van der Waals surface area contributed by atoms with Gasteiger partial charge in [0.1, 0.15) is 0 Å². The van der Waals surface area contributed by atoms with Crippen molar-refractivity contribution in [1.29, 1.82) is 0 Å². The van der Waals surface area contributed by atoms with Crippen molar-refractivity contribution in [2.24, 2.45) is 0 Å². The molecule has 0 spiro atoms. The van der Waals surface area contributed by atoms with Gasteiger partial charge in [0.25, 0.3) is 0 Å². The van der Waals surface area contributed by atoms with Gasteiger partial charge < -0.3 is 9.66 Å². The second-order valence-electron chi connectivity index (χ2n) is 3.04. The number of hydrogen-bond acceptors (Lipinski definition) is 4. The number of aliphatic carboxylic acids is 1. The maximum Gasteiger partial charge on any atom is 0.303 e. The molecule has 0 heterocycles. The maximum atomic E-state index is 10.3. The molecular formula is C8H14ClO5S-. The van der Waals surface area contributed by atoms with Gasteiger partial charge in [-0.15, -0.1) is 11.6 Å². The van der Waals surface area contributed by atoms with Crippen LogP contribution >= 0.6 is 11.6 Å². The van der Waals surface area contributed by atoms with Crippen LogP contribution in [0.25, 0.3) is 0 Å². The molecule has 0 aliphatic rings. The Morgan fingerprint density at radius 2 is 2.13 bits per heavy atom. The zero-order valence-corrected chi connectivity index (χ0v) is 9.76. The van der Waals surface area contributed by atoms with Crippen molar-refractivity contribution < 1.29 is 22.8 Å². The van der Waals surface area contributed by atoms with Crippen LogP contribution in [-0.4, -0.2) is 31.8 Å². The summed E-state index contributed by atoms with van der Waals surface area (Å²) in [6.45, 7) is 0. The minimum Gasteiger partial charge on any atom is -0.750 e. The molecular weight excluding hydrogens is 244 g/mol. The zero-order chi connectivity index (χ0) is 11.7. The molecule has 0 aliphatic carbocycles. The van der Waals surface area contributed by atoms with E-state index in [0.717, 1.165) is 0 Å². The fourth-order valence-corrected chi connectivity index (χ4v) is 1.78. The third-order valence-corrected chi connectivity index (χ3v) is 2.46. The van der Waals surface area contributed by atoms with Gasteiger partial charge in [0.2, 0.25) is 0 Å². The molecule has 5 nitrogen and oxygen atoms in total. The summed E-state index contributed by atoms with van der Waals surface area (Å²) < 4.78 is 25.1. The van der Waals surface area contributed by atoms with E-state index in [4.69, 9.17) is 16.7 Å². The minimum atomic E-state index is -2.54. The van der Waals surface area contributed by atoms with E-state index >= 15 is 0 Å². The maximum absolute atomic E-state index is 10.3. The highest BCUT2D eigenvalue weighted by molar-refractivity contribution is 7.74. The summed E-state index contributed by atoms with van der Waals surface area (Å²) in [4.78, 5) is 10.2. The number of carboxylic acid groups (broad SMARTS) is 1. The number of unbranched alkanes of at least 4 members (excludes halogenated alkanes) is 1. The molecule has 0 saturated heterocycles. The van der Waals surface area contributed by atoms with Gasteiger partial charge in [-0.25, -0.2) is 4.21 Å². The van der Waals surface area contributed by atoms with Gasteiger partial charge in [0.15, 0.2) is 0 Å². The Morgan fingerprint density at radius 3 is 2.60 bits per heavy atom. The largest absolute Gasteiger partial charge is 0.750 e. The van der Waals surface area contributed by atoms with Gasteiger partial charge in [-0.1, -0.05) is 6.42 Å². The molecule has 0 aliphatic heterocycles. The van der Waals surface area contributed by atoms with E-state index in [-0.39, 0.29) is 6.42 Å². The molecule has 0 aromatic carbocycles. The Bertz CT molecular complexity index is 211. The van der Waals surface area contributed by atoms with Crippen LogP contribution in [0.1, 0.15) is 32.1 Å². The lowest BCUT2D eigenvalue weighted by molar-refractivity contribution is -0.137. The van der Waals surface area contributed by atoms with Gasteiger partial charge in [-0.3, -0.25) is 8.98 Å². The fourth-order valence-electron chi connectivity index (χ4n) is 1.12. The van der Waals surface area contributed by atoms with Crippen LogP contribution in [0, 0.1) is 0 Å². The SMILES string of the molecule is O=C(O)CCCCC(CCCl)OS(=O)[O-]. The van der Waals surface area contributed by atoms with E-state index in [2.05, 4.69) is 4.18 Å². The number of carboxylic acids is 1. The van der Waals surface area contributed by atoms with Crippen molar-refractivity contribution in [3.8, 4) is 0 Å². The first-order chi connectivity index (χ1) is 7.06. The molecule has 1 N–H and O–H groups in total. The van der Waals surface area contributed by atoms with Crippen molar-refractivity contribution >= 4 is 28.9 Å². The van der Waals surface area contributed by atoms with E-state index in [9.17, 15) is 13.6 Å². The second kappa shape index (κ2) is 9.08. The van der Waals surface area contributed by atoms with E-state index in [1.54, 1.807) is 0 Å². The third-order valence-electron chi connectivity index (χ3n) is 1.81. The summed E-state index contributed by atoms with van der Waals surface area (Å²) in [7, 11) is 0. The molecule has 0 radical (unpaired) electrons. The summed E-state index contributed by atoms with van der Waals surface area (Å²) in [6, 6.07) is 0. The molecule has 7 heteroatoms. The lowest BCUT2D eigenvalue weighted by Crippen LogP contribution is -2.15. The second-order valence-corrected chi connectivity index (χ2v) is 4.02. The normalized spacial score (nSPS) is 14.8. The highest BCUT2D eigenvalue weighted by Gasteiger charge is 2.09. The number of hydrogen-bond donors (Lipinski definition) is 1. The summed E-state index contributed by atoms with van der Waals surface area (Å²) in [5, 5.41) is 8.38. The molecule has 0 aromatic rings. The van der Waals surface area contributed by atoms with Crippen LogP contribution < -0.4 is 0 Å². The Labute approximate surface area is 96.3 Å². The summed E-state index contributed by atoms with van der Waals surface area (Å²) in [5.41, 5.74) is 0. The molecule has 0 rings (SSSR count). The average molecular weight is 258 g/mol. The van der Waals surface area contributed by atoms with Crippen LogP contribution in [0.15, 0.2) is 0 Å². The number of halogens is 1. The quantitative estimate of drug-likeness (QED) is 0.384. The number of rotatable bonds is 9. The predicted octanol–water partition coefficient (Wildman–Crippen LogP) is 1.44. The molecule has 0 fully saturated rings. The summed E-state index contributed by atoms with van der Waals surface area (Å²) in [6.07, 6.45) is 1.74. The highest BCUT2D eigenvalue weighted by Crippen LogP contribution is 2.12. The summed E-state index contributed by atoms with van der Waals surface area (Å²) >= 11 is 2.93. The van der Waals surface area contributed by atoms with Crippen LogP contribution in [-0.2, 0) is 20.3 Å². The summed E-state index contributed by atoms with van der Waals surface area (Å²) in [5.74, 6) is -0.530. The van der Waals surface area contributed by atoms with Crippen molar-refractivity contribution in [2.75, 3.05) is 5.88 Å². The van der Waals surface area contributed by atoms with Gasteiger partial charge in [-0.05, 0) is 19.3 Å². The lowest BCUT2D eigenvalue weighted by atomic mass is 10.1. The van der Waals surface area contributed by atoms with Crippen molar-refractivity contribution in [3.63, 3.8) is 0 Å². The van der Waals surface area contributed by atoms with Gasteiger partial charge >= 0.3 is 5.97 Å². The standard InChI is InChI=1S/C8H15ClO5S/c9-6-5-7(14-15(12)13)3-1-2-4-8(10)11/h7H,1-6H2,(H,10,11)(H,12,13)/p-1. The van der Waals surface area contributed by atoms with E-state index in [1.165, 1.54) is 0 Å². The topological polar surface area (TPSA) is 86.7 Å². The third kappa shape index (κ3) is 10.1. The zero-order valence-electron chi connectivity index (χ0n) is 8.19. The van der Waals surface area contributed by atoms with Gasteiger partial charge in [-0.2, -0.15) is 0 Å². The number of alkyl halides is 1. The predicted molar refractivity (Wildman–Crippen MR) is 55.2 cm³/mol. The fraction of sp³-hybridized carbons (Fsp3) is 0.875. The van der Waals surface area contributed by atoms with Crippen LogP contribution in [0.2, 0.25) is 0 Å². The molecule has 90 valence electrons. The average Bonchev–Trinajstić information content (AvgIpc) is 2.11. The number of carbonyl (C=O) groups is 1. The smallest absolute Gasteiger partial charge is 0.303 e. The first-order valence-electron chi connectivity index (χ1n) is 4.60. The Balaban J connectivity index is 3.65. The molecule has 0 saturated carbocycles. The Hall–Kier alpha value is -0.170.